The van der Waals surface area contributed by atoms with Gasteiger partial charge >= 0.3 is 7.12 Å². The largest absolute Gasteiger partial charge is 0.515 e. The third kappa shape index (κ3) is 3.73. The number of benzene rings is 4. The first-order chi connectivity index (χ1) is 20.3. The van der Waals surface area contributed by atoms with E-state index in [-0.39, 0.29) is 0 Å². The van der Waals surface area contributed by atoms with E-state index in [1.54, 1.807) is 6.20 Å². The van der Waals surface area contributed by atoms with Crippen molar-refractivity contribution in [1.29, 1.82) is 5.26 Å². The van der Waals surface area contributed by atoms with Crippen LogP contribution in [0, 0.1) is 11.3 Å². The monoisotopic (exact) mass is 546 g/mol. The SMILES string of the molecule is CC1(C)OB(c2ncccc2-c2cccc3c2-c2ccc(C#N)cc2C3(c2ccccc2)c2ccccc2)OC1(C)C. The summed E-state index contributed by atoms with van der Waals surface area (Å²) < 4.78 is 13.0. The number of aromatic nitrogens is 1. The van der Waals surface area contributed by atoms with Gasteiger partial charge in [-0.05, 0) is 84.8 Å². The summed E-state index contributed by atoms with van der Waals surface area (Å²) in [6.45, 7) is 8.25. The Bertz CT molecular complexity index is 1800. The summed E-state index contributed by atoms with van der Waals surface area (Å²) in [4.78, 5) is 4.84. The molecule has 2 heterocycles. The predicted octanol–water partition coefficient (Wildman–Crippen LogP) is 7.28. The molecule has 0 atom stereocenters. The van der Waals surface area contributed by atoms with Crippen molar-refractivity contribution in [3.8, 4) is 28.3 Å². The van der Waals surface area contributed by atoms with Gasteiger partial charge in [0, 0.05) is 11.8 Å². The van der Waals surface area contributed by atoms with Gasteiger partial charge in [0.1, 0.15) is 0 Å². The Kier molecular flexibility index (Phi) is 5.99. The molecule has 5 heteroatoms. The van der Waals surface area contributed by atoms with Crippen LogP contribution < -0.4 is 5.59 Å². The van der Waals surface area contributed by atoms with Crippen molar-refractivity contribution >= 4 is 12.7 Å². The minimum Gasteiger partial charge on any atom is -0.398 e. The molecule has 0 amide bonds. The number of nitriles is 1. The quantitative estimate of drug-likeness (QED) is 0.218. The average molecular weight is 546 g/mol. The third-order valence-corrected chi connectivity index (χ3v) is 9.31. The summed E-state index contributed by atoms with van der Waals surface area (Å²) in [7, 11) is -0.600. The summed E-state index contributed by atoms with van der Waals surface area (Å²) in [6.07, 6.45) is 1.80. The van der Waals surface area contributed by atoms with Crippen molar-refractivity contribution < 1.29 is 9.31 Å². The summed E-state index contributed by atoms with van der Waals surface area (Å²) in [5, 5.41) is 9.99. The molecule has 1 aliphatic heterocycles. The molecule has 204 valence electrons. The Labute approximate surface area is 247 Å². The first-order valence-electron chi connectivity index (χ1n) is 14.4. The number of hydrogen-bond acceptors (Lipinski definition) is 4. The molecule has 0 N–H and O–H groups in total. The molecule has 0 saturated carbocycles. The zero-order chi connectivity index (χ0) is 29.1. The summed E-state index contributed by atoms with van der Waals surface area (Å²) >= 11 is 0. The molecule has 1 aromatic heterocycles. The van der Waals surface area contributed by atoms with Crippen LogP contribution in [-0.2, 0) is 14.7 Å². The van der Waals surface area contributed by atoms with Crippen LogP contribution in [0.15, 0.2) is 115 Å². The van der Waals surface area contributed by atoms with Crippen LogP contribution in [0.5, 0.6) is 0 Å². The van der Waals surface area contributed by atoms with E-state index >= 15 is 0 Å². The molecule has 4 nitrogen and oxygen atoms in total. The van der Waals surface area contributed by atoms with Gasteiger partial charge in [-0.25, -0.2) is 0 Å². The molecular weight excluding hydrogens is 515 g/mol. The number of hydrogen-bond donors (Lipinski definition) is 0. The Morgan fingerprint density at radius 2 is 1.26 bits per heavy atom. The van der Waals surface area contributed by atoms with Crippen LogP contribution in [0.2, 0.25) is 0 Å². The maximum atomic E-state index is 9.99. The lowest BCUT2D eigenvalue weighted by atomic mass is 9.67. The normalized spacial score (nSPS) is 17.4. The Hall–Kier alpha value is -4.50. The molecule has 7 rings (SSSR count). The highest BCUT2D eigenvalue weighted by Crippen LogP contribution is 2.58. The van der Waals surface area contributed by atoms with E-state index in [0.717, 1.165) is 44.5 Å². The highest BCUT2D eigenvalue weighted by atomic mass is 16.7. The second-order valence-electron chi connectivity index (χ2n) is 12.1. The number of rotatable bonds is 4. The van der Waals surface area contributed by atoms with E-state index in [1.165, 1.54) is 5.56 Å². The van der Waals surface area contributed by atoms with E-state index in [2.05, 4.69) is 119 Å². The minimum absolute atomic E-state index is 0.485. The number of pyridine rings is 1. The van der Waals surface area contributed by atoms with Gasteiger partial charge in [0.15, 0.2) is 0 Å². The molecule has 2 aliphatic rings. The van der Waals surface area contributed by atoms with E-state index < -0.39 is 23.7 Å². The van der Waals surface area contributed by atoms with Crippen LogP contribution in [0.25, 0.3) is 22.3 Å². The van der Waals surface area contributed by atoms with Gasteiger partial charge in [0.25, 0.3) is 0 Å². The predicted molar refractivity (Wildman–Crippen MR) is 167 cm³/mol. The molecule has 5 aromatic rings. The molecule has 1 fully saturated rings. The lowest BCUT2D eigenvalue weighted by Crippen LogP contribution is -2.41. The fraction of sp³-hybridized carbons (Fsp3) is 0.189. The molecule has 1 saturated heterocycles. The van der Waals surface area contributed by atoms with Gasteiger partial charge in [-0.2, -0.15) is 5.26 Å². The van der Waals surface area contributed by atoms with Gasteiger partial charge in [0.05, 0.1) is 33.8 Å². The standard InChI is InChI=1S/C37H31BN2O2/c1-35(2)36(3,4)42-38(41-35)34-29(18-12-22-40-34)28-17-11-19-31-33(28)30-21-20-25(24-39)23-32(30)37(31,26-13-7-5-8-14-26)27-15-9-6-10-16-27/h5-23H,1-4H3. The Balaban J connectivity index is 1.55. The highest BCUT2D eigenvalue weighted by Gasteiger charge is 2.53. The fourth-order valence-corrected chi connectivity index (χ4v) is 6.62. The van der Waals surface area contributed by atoms with Crippen molar-refractivity contribution in [2.75, 3.05) is 0 Å². The zero-order valence-electron chi connectivity index (χ0n) is 24.3. The molecule has 0 bridgehead atoms. The molecule has 0 radical (unpaired) electrons. The second kappa shape index (κ2) is 9.53. The van der Waals surface area contributed by atoms with Crippen LogP contribution in [0.3, 0.4) is 0 Å². The van der Waals surface area contributed by atoms with E-state index in [4.69, 9.17) is 14.3 Å². The Morgan fingerprint density at radius 1 is 0.643 bits per heavy atom. The third-order valence-electron chi connectivity index (χ3n) is 9.31. The second-order valence-corrected chi connectivity index (χ2v) is 12.1. The number of fused-ring (bicyclic) bond motifs is 3. The Morgan fingerprint density at radius 3 is 1.88 bits per heavy atom. The summed E-state index contributed by atoms with van der Waals surface area (Å²) in [5.41, 5.74) is 8.67. The number of nitrogens with zero attached hydrogens (tertiary/aromatic N) is 2. The van der Waals surface area contributed by atoms with Crippen LogP contribution in [-0.4, -0.2) is 23.3 Å². The fourth-order valence-electron chi connectivity index (χ4n) is 6.62. The summed E-state index contributed by atoms with van der Waals surface area (Å²) in [5.74, 6) is 0. The zero-order valence-corrected chi connectivity index (χ0v) is 24.3. The van der Waals surface area contributed by atoms with Crippen LogP contribution >= 0.6 is 0 Å². The van der Waals surface area contributed by atoms with Crippen molar-refractivity contribution in [3.63, 3.8) is 0 Å². The summed E-state index contributed by atoms with van der Waals surface area (Å²) in [6, 6.07) is 40.3. The molecule has 0 unspecified atom stereocenters. The molecule has 0 spiro atoms. The van der Waals surface area contributed by atoms with Crippen molar-refractivity contribution in [1.82, 2.24) is 4.98 Å². The van der Waals surface area contributed by atoms with Gasteiger partial charge in [0.2, 0.25) is 0 Å². The molecule has 1 aliphatic carbocycles. The average Bonchev–Trinajstić information content (AvgIpc) is 3.44. The first kappa shape index (κ1) is 26.4. The minimum atomic E-state index is -0.608. The van der Waals surface area contributed by atoms with Gasteiger partial charge in [-0.1, -0.05) is 91.0 Å². The topological polar surface area (TPSA) is 55.1 Å². The molecule has 42 heavy (non-hydrogen) atoms. The maximum Gasteiger partial charge on any atom is 0.515 e. The van der Waals surface area contributed by atoms with Gasteiger partial charge < -0.3 is 9.31 Å². The van der Waals surface area contributed by atoms with Crippen molar-refractivity contribution in [2.24, 2.45) is 0 Å². The smallest absolute Gasteiger partial charge is 0.398 e. The van der Waals surface area contributed by atoms with Crippen LogP contribution in [0.4, 0.5) is 0 Å². The van der Waals surface area contributed by atoms with E-state index in [9.17, 15) is 5.26 Å². The maximum absolute atomic E-state index is 9.99. The first-order valence-corrected chi connectivity index (χ1v) is 14.4. The van der Waals surface area contributed by atoms with Gasteiger partial charge in [-0.3, -0.25) is 4.98 Å². The molecular formula is C37H31BN2O2. The van der Waals surface area contributed by atoms with E-state index in [0.29, 0.717) is 5.56 Å². The van der Waals surface area contributed by atoms with Crippen LogP contribution in [0.1, 0.15) is 55.5 Å². The molecule has 4 aromatic carbocycles. The van der Waals surface area contributed by atoms with Crippen molar-refractivity contribution in [2.45, 2.75) is 44.3 Å². The van der Waals surface area contributed by atoms with E-state index in [1.807, 2.05) is 24.3 Å². The van der Waals surface area contributed by atoms with Gasteiger partial charge in [-0.15, -0.1) is 0 Å². The highest BCUT2D eigenvalue weighted by molar-refractivity contribution is 6.63. The lowest BCUT2D eigenvalue weighted by Gasteiger charge is -2.34. The van der Waals surface area contributed by atoms with Crippen molar-refractivity contribution in [3.05, 3.63) is 143 Å². The lowest BCUT2D eigenvalue weighted by molar-refractivity contribution is 0.00578.